The number of nitrogens with zero attached hydrogens (tertiary/aromatic N) is 2. The van der Waals surface area contributed by atoms with Crippen LogP contribution < -0.4 is 0 Å². The van der Waals surface area contributed by atoms with E-state index in [0.717, 1.165) is 33.4 Å². The van der Waals surface area contributed by atoms with Crippen LogP contribution in [0.1, 0.15) is 42.7 Å². The molecule has 2 aromatic rings. The first kappa shape index (κ1) is 17.9. The molecule has 3 unspecified atom stereocenters. The molecule has 4 heteroatoms. The van der Waals surface area contributed by atoms with E-state index in [1.807, 2.05) is 49.4 Å². The molecule has 3 atom stereocenters. The highest BCUT2D eigenvalue weighted by molar-refractivity contribution is 9.10. The molecule has 0 spiro atoms. The Morgan fingerprint density at radius 1 is 1.07 bits per heavy atom. The number of nitriles is 1. The van der Waals surface area contributed by atoms with E-state index in [1.54, 1.807) is 0 Å². The number of rotatable bonds is 2. The minimum absolute atomic E-state index is 0.113. The quantitative estimate of drug-likeness (QED) is 0.641. The minimum atomic E-state index is -0.417. The summed E-state index contributed by atoms with van der Waals surface area (Å²) in [6.07, 6.45) is 1.21. The van der Waals surface area contributed by atoms with Gasteiger partial charge in [0.15, 0.2) is 5.78 Å². The smallest absolute Gasteiger partial charge is 0.161 e. The van der Waals surface area contributed by atoms with Gasteiger partial charge in [-0.15, -0.1) is 0 Å². The molecule has 0 radical (unpaired) electrons. The van der Waals surface area contributed by atoms with Gasteiger partial charge in [0.1, 0.15) is 0 Å². The molecule has 1 heterocycles. The number of halogens is 1. The largest absolute Gasteiger partial charge is 0.294 e. The van der Waals surface area contributed by atoms with Crippen LogP contribution in [-0.4, -0.2) is 11.5 Å². The maximum Gasteiger partial charge on any atom is 0.161 e. The molecule has 0 saturated carbocycles. The number of Topliss-reactive ketones (excluding diaryl/α,β-unsaturated/α-hetero) is 1. The van der Waals surface area contributed by atoms with Gasteiger partial charge in [0.05, 0.1) is 12.0 Å². The van der Waals surface area contributed by atoms with Gasteiger partial charge in [0, 0.05) is 33.8 Å². The van der Waals surface area contributed by atoms with E-state index in [-0.39, 0.29) is 17.6 Å². The zero-order chi connectivity index (χ0) is 19.0. The molecule has 0 fully saturated rings. The lowest BCUT2D eigenvalue weighted by Gasteiger charge is -2.35. The van der Waals surface area contributed by atoms with E-state index in [1.165, 1.54) is 5.56 Å². The molecule has 0 saturated heterocycles. The number of aliphatic imine (C=N–C) groups is 1. The maximum absolute atomic E-state index is 13.2. The molecular weight excluding hydrogens is 400 g/mol. The predicted molar refractivity (Wildman–Crippen MR) is 110 cm³/mol. The summed E-state index contributed by atoms with van der Waals surface area (Å²) in [4.78, 5) is 17.9. The number of allylic oxidation sites excluding steroid dienone is 2. The first-order valence-corrected chi connectivity index (χ1v) is 9.90. The molecule has 134 valence electrons. The standard InChI is InChI=1S/C23H19BrN2O/c1-14-18(13-25)22(17-9-5-6-10-19(17)24)23-20(26-14)11-16(12-21(23)27)15-7-3-2-4-8-15/h2-10,16,18,22H,11-12H2,1H3. The van der Waals surface area contributed by atoms with Gasteiger partial charge in [-0.1, -0.05) is 64.5 Å². The van der Waals surface area contributed by atoms with E-state index >= 15 is 0 Å². The summed E-state index contributed by atoms with van der Waals surface area (Å²) in [5.41, 5.74) is 4.53. The Labute approximate surface area is 167 Å². The summed E-state index contributed by atoms with van der Waals surface area (Å²) >= 11 is 3.61. The normalized spacial score (nSPS) is 24.9. The summed E-state index contributed by atoms with van der Waals surface area (Å²) < 4.78 is 0.926. The first-order chi connectivity index (χ1) is 13.1. The number of ketones is 1. The molecule has 0 N–H and O–H groups in total. The van der Waals surface area contributed by atoms with Crippen molar-refractivity contribution in [3.63, 3.8) is 0 Å². The Morgan fingerprint density at radius 3 is 2.48 bits per heavy atom. The Bertz CT molecular complexity index is 1000. The van der Waals surface area contributed by atoms with Gasteiger partial charge in [-0.05, 0) is 36.5 Å². The van der Waals surface area contributed by atoms with E-state index in [9.17, 15) is 10.1 Å². The van der Waals surface area contributed by atoms with Crippen molar-refractivity contribution in [2.24, 2.45) is 10.9 Å². The summed E-state index contributed by atoms with van der Waals surface area (Å²) in [6, 6.07) is 20.4. The molecule has 3 nitrogen and oxygen atoms in total. The van der Waals surface area contributed by atoms with Gasteiger partial charge in [0.25, 0.3) is 0 Å². The van der Waals surface area contributed by atoms with Crippen LogP contribution >= 0.6 is 15.9 Å². The molecule has 2 aromatic carbocycles. The van der Waals surface area contributed by atoms with Crippen LogP contribution in [0, 0.1) is 17.2 Å². The van der Waals surface area contributed by atoms with Crippen molar-refractivity contribution in [1.29, 1.82) is 5.26 Å². The second kappa shape index (κ2) is 7.25. The molecule has 0 bridgehead atoms. The van der Waals surface area contributed by atoms with Crippen molar-refractivity contribution < 1.29 is 4.79 Å². The van der Waals surface area contributed by atoms with Crippen LogP contribution in [0.2, 0.25) is 0 Å². The Kier molecular flexibility index (Phi) is 4.80. The molecule has 0 aromatic heterocycles. The van der Waals surface area contributed by atoms with Gasteiger partial charge in [-0.3, -0.25) is 9.79 Å². The lowest BCUT2D eigenvalue weighted by atomic mass is 9.69. The van der Waals surface area contributed by atoms with Crippen molar-refractivity contribution >= 4 is 27.4 Å². The Balaban J connectivity index is 1.82. The van der Waals surface area contributed by atoms with E-state index in [4.69, 9.17) is 4.99 Å². The number of hydrogen-bond donors (Lipinski definition) is 0. The first-order valence-electron chi connectivity index (χ1n) is 9.10. The topological polar surface area (TPSA) is 53.2 Å². The molecule has 27 heavy (non-hydrogen) atoms. The zero-order valence-corrected chi connectivity index (χ0v) is 16.6. The Morgan fingerprint density at radius 2 is 1.78 bits per heavy atom. The van der Waals surface area contributed by atoms with Gasteiger partial charge in [-0.25, -0.2) is 0 Å². The summed E-state index contributed by atoms with van der Waals surface area (Å²) in [7, 11) is 0. The molecule has 1 aliphatic heterocycles. The highest BCUT2D eigenvalue weighted by atomic mass is 79.9. The van der Waals surface area contributed by atoms with Crippen molar-refractivity contribution in [3.05, 3.63) is 81.5 Å². The fourth-order valence-corrected chi connectivity index (χ4v) is 4.78. The van der Waals surface area contributed by atoms with Crippen molar-refractivity contribution in [3.8, 4) is 6.07 Å². The van der Waals surface area contributed by atoms with Gasteiger partial charge < -0.3 is 0 Å². The van der Waals surface area contributed by atoms with Crippen LogP contribution in [0.15, 0.2) is 75.3 Å². The average molecular weight is 419 g/mol. The SMILES string of the molecule is CC1=NC2=C(C(=O)CC(c3ccccc3)C2)C(c2ccccc2Br)C1C#N. The fraction of sp³-hybridized carbons (Fsp3) is 0.261. The van der Waals surface area contributed by atoms with Crippen LogP contribution in [-0.2, 0) is 4.79 Å². The number of hydrogen-bond acceptors (Lipinski definition) is 3. The maximum atomic E-state index is 13.2. The van der Waals surface area contributed by atoms with Crippen LogP contribution in [0.4, 0.5) is 0 Å². The van der Waals surface area contributed by atoms with E-state index < -0.39 is 5.92 Å². The van der Waals surface area contributed by atoms with Crippen molar-refractivity contribution in [2.45, 2.75) is 31.6 Å². The number of carbonyl (C=O) groups is 1. The molecule has 1 aliphatic carbocycles. The van der Waals surface area contributed by atoms with E-state index in [2.05, 4.69) is 34.1 Å². The van der Waals surface area contributed by atoms with Gasteiger partial charge in [-0.2, -0.15) is 5.26 Å². The monoisotopic (exact) mass is 418 g/mol. The predicted octanol–water partition coefficient (Wildman–Crippen LogP) is 5.55. The average Bonchev–Trinajstić information content (AvgIpc) is 2.68. The summed E-state index contributed by atoms with van der Waals surface area (Å²) in [5.74, 6) is -0.420. The summed E-state index contributed by atoms with van der Waals surface area (Å²) in [6.45, 7) is 1.90. The molecular formula is C23H19BrN2O. The lowest BCUT2D eigenvalue weighted by molar-refractivity contribution is -0.116. The Hall–Kier alpha value is -2.51. The summed E-state index contributed by atoms with van der Waals surface area (Å²) in [5, 5.41) is 9.81. The minimum Gasteiger partial charge on any atom is -0.294 e. The highest BCUT2D eigenvalue weighted by Gasteiger charge is 2.41. The van der Waals surface area contributed by atoms with Crippen LogP contribution in [0.25, 0.3) is 0 Å². The van der Waals surface area contributed by atoms with E-state index in [0.29, 0.717) is 6.42 Å². The molecule has 2 aliphatic rings. The van der Waals surface area contributed by atoms with Gasteiger partial charge in [0.2, 0.25) is 0 Å². The zero-order valence-electron chi connectivity index (χ0n) is 15.0. The third-order valence-electron chi connectivity index (χ3n) is 5.54. The molecule has 0 amide bonds. The highest BCUT2D eigenvalue weighted by Crippen LogP contribution is 2.47. The van der Waals surface area contributed by atoms with Crippen molar-refractivity contribution in [1.82, 2.24) is 0 Å². The second-order valence-electron chi connectivity index (χ2n) is 7.16. The third kappa shape index (κ3) is 3.17. The van der Waals surface area contributed by atoms with Crippen LogP contribution in [0.3, 0.4) is 0 Å². The number of benzene rings is 2. The lowest BCUT2D eigenvalue weighted by Crippen LogP contribution is -2.32. The number of carbonyl (C=O) groups excluding carboxylic acids is 1. The van der Waals surface area contributed by atoms with Crippen LogP contribution in [0.5, 0.6) is 0 Å². The third-order valence-corrected chi connectivity index (χ3v) is 6.26. The van der Waals surface area contributed by atoms with Crippen molar-refractivity contribution in [2.75, 3.05) is 0 Å². The fourth-order valence-electron chi connectivity index (χ4n) is 4.25. The van der Waals surface area contributed by atoms with Gasteiger partial charge >= 0.3 is 0 Å². The second-order valence-corrected chi connectivity index (χ2v) is 8.01. The molecule has 4 rings (SSSR count).